The molecule has 6 aromatic rings. The Morgan fingerprint density at radius 2 is 1.44 bits per heavy atom. The molecule has 0 radical (unpaired) electrons. The van der Waals surface area contributed by atoms with Gasteiger partial charge in [-0.05, 0) is 28.3 Å². The molecule has 198 valence electrons. The van der Waals surface area contributed by atoms with Crippen molar-refractivity contribution in [2.45, 2.75) is 6.04 Å². The Labute approximate surface area is 235 Å². The lowest BCUT2D eigenvalue weighted by molar-refractivity contribution is 0.0692. The van der Waals surface area contributed by atoms with Gasteiger partial charge in [0, 0.05) is 17.2 Å². The number of fused-ring (bicyclic) bond motifs is 2. The summed E-state index contributed by atoms with van der Waals surface area (Å²) in [6.07, 6.45) is 4.10. The van der Waals surface area contributed by atoms with Gasteiger partial charge in [-0.1, -0.05) is 115 Å². The largest absolute Gasteiger partial charge is 0.478 e. The van der Waals surface area contributed by atoms with E-state index in [4.69, 9.17) is 4.98 Å². The third-order valence-corrected chi connectivity index (χ3v) is 7.53. The van der Waals surface area contributed by atoms with E-state index >= 15 is 4.39 Å². The van der Waals surface area contributed by atoms with Crippen molar-refractivity contribution in [2.24, 2.45) is 0 Å². The van der Waals surface area contributed by atoms with E-state index in [9.17, 15) is 9.90 Å². The number of carboxylic acid groups (broad SMARTS) is 1. The number of imidazole rings is 1. The molecule has 6 heteroatoms. The predicted molar refractivity (Wildman–Crippen MR) is 161 cm³/mol. The maximum absolute atomic E-state index is 15.1. The first-order valence-corrected chi connectivity index (χ1v) is 13.3. The van der Waals surface area contributed by atoms with Crippen LogP contribution in [0.4, 0.5) is 16.0 Å². The van der Waals surface area contributed by atoms with Crippen LogP contribution in [0.25, 0.3) is 39.4 Å². The fraction of sp³-hybridized carbons (Fsp3) is 0.0286. The summed E-state index contributed by atoms with van der Waals surface area (Å²) >= 11 is 0. The van der Waals surface area contributed by atoms with Gasteiger partial charge in [-0.2, -0.15) is 0 Å². The van der Waals surface area contributed by atoms with Gasteiger partial charge in [0.2, 0.25) is 5.95 Å². The van der Waals surface area contributed by atoms with Crippen molar-refractivity contribution in [3.05, 3.63) is 144 Å². The molecule has 0 aliphatic heterocycles. The highest BCUT2D eigenvalue weighted by Gasteiger charge is 2.27. The number of nitrogens with one attached hydrogen (secondary N) is 1. The van der Waals surface area contributed by atoms with Crippen molar-refractivity contribution in [2.75, 3.05) is 5.32 Å². The number of allylic oxidation sites excluding steroid dienone is 1. The van der Waals surface area contributed by atoms with Gasteiger partial charge in [0.25, 0.3) is 0 Å². The van der Waals surface area contributed by atoms with Gasteiger partial charge >= 0.3 is 5.97 Å². The number of para-hydroxylation sites is 1. The average molecular weight is 538 g/mol. The van der Waals surface area contributed by atoms with Gasteiger partial charge in [0.1, 0.15) is 5.82 Å². The van der Waals surface area contributed by atoms with Crippen LogP contribution in [0.2, 0.25) is 0 Å². The van der Waals surface area contributed by atoms with Crippen molar-refractivity contribution < 1.29 is 14.3 Å². The molecule has 1 heterocycles. The fourth-order valence-corrected chi connectivity index (χ4v) is 5.62. The van der Waals surface area contributed by atoms with Crippen LogP contribution in [0.1, 0.15) is 27.5 Å². The number of carboxylic acids is 1. The summed E-state index contributed by atoms with van der Waals surface area (Å²) in [6.45, 7) is 0. The molecule has 0 fully saturated rings. The molecule has 1 aliphatic carbocycles. The fourth-order valence-electron chi connectivity index (χ4n) is 5.62. The topological polar surface area (TPSA) is 67.2 Å². The molecule has 5 nitrogen and oxygen atoms in total. The molecule has 1 aliphatic rings. The number of aromatic carboxylic acids is 1. The quantitative estimate of drug-likeness (QED) is 0.223. The van der Waals surface area contributed by atoms with E-state index in [0.717, 1.165) is 39.1 Å². The molecule has 7 rings (SSSR count). The van der Waals surface area contributed by atoms with Crippen molar-refractivity contribution >= 4 is 34.7 Å². The SMILES string of the molecule is O=C(O)c1cc2nc(Nc3c(-c4ccccc4)cccc3-c3ccccc3)n(C3C=Cc4ccccc43)c2cc1F. The molecule has 0 saturated carbocycles. The van der Waals surface area contributed by atoms with E-state index in [1.807, 2.05) is 77.4 Å². The monoisotopic (exact) mass is 537 g/mol. The first kappa shape index (κ1) is 24.5. The van der Waals surface area contributed by atoms with Crippen molar-refractivity contribution in [3.63, 3.8) is 0 Å². The van der Waals surface area contributed by atoms with Gasteiger partial charge in [0.15, 0.2) is 0 Å². The Bertz CT molecular complexity index is 1910. The first-order valence-electron chi connectivity index (χ1n) is 13.3. The summed E-state index contributed by atoms with van der Waals surface area (Å²) in [5.74, 6) is -1.66. The number of rotatable bonds is 6. The van der Waals surface area contributed by atoms with Crippen molar-refractivity contribution in [1.82, 2.24) is 9.55 Å². The Hall–Kier alpha value is -5.49. The van der Waals surface area contributed by atoms with E-state index in [1.165, 1.54) is 12.1 Å². The lowest BCUT2D eigenvalue weighted by Crippen LogP contribution is -2.11. The minimum absolute atomic E-state index is 0.266. The minimum atomic E-state index is -1.33. The third-order valence-electron chi connectivity index (χ3n) is 7.53. The Balaban J connectivity index is 1.48. The number of halogens is 1. The highest BCUT2D eigenvalue weighted by atomic mass is 19.1. The molecule has 1 unspecified atom stereocenters. The molecular formula is C35H24FN3O2. The van der Waals surface area contributed by atoms with E-state index in [2.05, 4.69) is 47.8 Å². The van der Waals surface area contributed by atoms with Gasteiger partial charge in [-0.25, -0.2) is 14.2 Å². The molecule has 0 spiro atoms. The summed E-state index contributed by atoms with van der Waals surface area (Å²) in [6, 6.07) is 36.7. The smallest absolute Gasteiger partial charge is 0.338 e. The van der Waals surface area contributed by atoms with E-state index in [0.29, 0.717) is 17.0 Å². The number of hydrogen-bond acceptors (Lipinski definition) is 3. The molecule has 1 atom stereocenters. The van der Waals surface area contributed by atoms with Crippen LogP contribution in [-0.4, -0.2) is 20.6 Å². The Morgan fingerprint density at radius 3 is 2.10 bits per heavy atom. The standard InChI is InChI=1S/C35H24FN3O2/c36-29-21-32-30(20-28(29)34(40)41)37-35(39(32)31-19-18-24-14-7-8-15-25(24)31)38-33-26(22-10-3-1-4-11-22)16-9-17-27(33)23-12-5-2-6-13-23/h1-21,31H,(H,37,38)(H,40,41). The number of benzene rings is 5. The molecule has 41 heavy (non-hydrogen) atoms. The van der Waals surface area contributed by atoms with Crippen LogP contribution in [0.5, 0.6) is 0 Å². The van der Waals surface area contributed by atoms with Crippen LogP contribution >= 0.6 is 0 Å². The number of nitrogens with zero attached hydrogens (tertiary/aromatic N) is 2. The van der Waals surface area contributed by atoms with E-state index in [1.54, 1.807) is 0 Å². The third kappa shape index (κ3) is 4.26. The molecule has 2 N–H and O–H groups in total. The summed E-state index contributed by atoms with van der Waals surface area (Å²) in [4.78, 5) is 16.6. The van der Waals surface area contributed by atoms with E-state index < -0.39 is 17.3 Å². The highest BCUT2D eigenvalue weighted by molar-refractivity contribution is 5.96. The molecule has 0 amide bonds. The molecule has 0 bridgehead atoms. The molecule has 5 aromatic carbocycles. The van der Waals surface area contributed by atoms with Crippen LogP contribution < -0.4 is 5.32 Å². The van der Waals surface area contributed by atoms with Crippen molar-refractivity contribution in [3.8, 4) is 22.3 Å². The number of aromatic nitrogens is 2. The molecular weight excluding hydrogens is 513 g/mol. The van der Waals surface area contributed by atoms with Crippen LogP contribution in [0.3, 0.4) is 0 Å². The second-order valence-electron chi connectivity index (χ2n) is 9.95. The number of carbonyl (C=O) groups is 1. The first-order chi connectivity index (χ1) is 20.1. The van der Waals surface area contributed by atoms with Crippen LogP contribution in [-0.2, 0) is 0 Å². The minimum Gasteiger partial charge on any atom is -0.478 e. The second-order valence-corrected chi connectivity index (χ2v) is 9.95. The Kier molecular flexibility index (Phi) is 5.94. The van der Waals surface area contributed by atoms with Gasteiger partial charge in [0.05, 0.1) is 28.3 Å². The van der Waals surface area contributed by atoms with Gasteiger partial charge in [-0.3, -0.25) is 4.57 Å². The van der Waals surface area contributed by atoms with E-state index in [-0.39, 0.29) is 6.04 Å². The summed E-state index contributed by atoms with van der Waals surface area (Å²) in [5.41, 5.74) is 7.46. The zero-order valence-corrected chi connectivity index (χ0v) is 21.8. The molecule has 1 aromatic heterocycles. The lowest BCUT2D eigenvalue weighted by Gasteiger charge is -2.21. The Morgan fingerprint density at radius 1 is 0.805 bits per heavy atom. The van der Waals surface area contributed by atoms with Gasteiger partial charge < -0.3 is 10.4 Å². The zero-order valence-electron chi connectivity index (χ0n) is 21.8. The van der Waals surface area contributed by atoms with Crippen molar-refractivity contribution in [1.29, 1.82) is 0 Å². The summed E-state index contributed by atoms with van der Waals surface area (Å²) in [5, 5.41) is 13.2. The number of anilines is 2. The maximum Gasteiger partial charge on any atom is 0.338 e. The van der Waals surface area contributed by atoms with Gasteiger partial charge in [-0.15, -0.1) is 0 Å². The average Bonchev–Trinajstić information content (AvgIpc) is 3.58. The molecule has 0 saturated heterocycles. The normalized spacial score (nSPS) is 13.8. The highest BCUT2D eigenvalue weighted by Crippen LogP contribution is 2.42. The zero-order chi connectivity index (χ0) is 27.9. The summed E-state index contributed by atoms with van der Waals surface area (Å²) in [7, 11) is 0. The maximum atomic E-state index is 15.1. The second kappa shape index (κ2) is 9.92. The number of hydrogen-bond donors (Lipinski definition) is 2. The predicted octanol–water partition coefficient (Wildman–Crippen LogP) is 8.57. The van der Waals surface area contributed by atoms with Crippen LogP contribution in [0.15, 0.2) is 121 Å². The summed E-state index contributed by atoms with van der Waals surface area (Å²) < 4.78 is 17.0. The van der Waals surface area contributed by atoms with Crippen LogP contribution in [0, 0.1) is 5.82 Å². The lowest BCUT2D eigenvalue weighted by atomic mass is 9.96.